The summed E-state index contributed by atoms with van der Waals surface area (Å²) >= 11 is 0. The molecule has 0 aliphatic carbocycles. The zero-order chi connectivity index (χ0) is 14.0. The molecule has 2 rings (SSSR count). The van der Waals surface area contributed by atoms with Crippen molar-refractivity contribution in [3.8, 4) is 5.75 Å². The zero-order valence-electron chi connectivity index (χ0n) is 10.8. The number of aliphatic carboxylic acids is 1. The summed E-state index contributed by atoms with van der Waals surface area (Å²) in [5.74, 6) is -0.342. The number of carboxylic acids is 1. The van der Waals surface area contributed by atoms with Gasteiger partial charge < -0.3 is 15.2 Å². The highest BCUT2D eigenvalue weighted by atomic mass is 16.5. The minimum absolute atomic E-state index is 0.0627. The monoisotopic (exact) mass is 264 g/mol. The number of urea groups is 1. The van der Waals surface area contributed by atoms with Crippen LogP contribution in [-0.2, 0) is 4.79 Å². The summed E-state index contributed by atoms with van der Waals surface area (Å²) in [6.07, 6.45) is 0.0627. The van der Waals surface area contributed by atoms with Crippen molar-refractivity contribution in [3.63, 3.8) is 0 Å². The van der Waals surface area contributed by atoms with Crippen LogP contribution in [0.15, 0.2) is 24.3 Å². The Kier molecular flexibility index (Phi) is 3.59. The Morgan fingerprint density at radius 3 is 2.58 bits per heavy atom. The quantitative estimate of drug-likeness (QED) is 0.862. The average molecular weight is 264 g/mol. The molecule has 0 aromatic heterocycles. The Labute approximate surface area is 111 Å². The molecule has 1 heterocycles. The molecule has 2 amide bonds. The van der Waals surface area contributed by atoms with Gasteiger partial charge in [0.1, 0.15) is 5.75 Å². The van der Waals surface area contributed by atoms with Crippen molar-refractivity contribution >= 4 is 17.7 Å². The number of carbonyl (C=O) groups excluding carboxylic acids is 1. The number of carbonyl (C=O) groups is 2. The molecule has 6 nitrogen and oxygen atoms in total. The predicted molar refractivity (Wildman–Crippen MR) is 69.5 cm³/mol. The Balaban J connectivity index is 2.21. The van der Waals surface area contributed by atoms with E-state index in [4.69, 9.17) is 9.84 Å². The summed E-state index contributed by atoms with van der Waals surface area (Å²) in [5, 5.41) is 11.6. The minimum Gasteiger partial charge on any atom is -0.491 e. The lowest BCUT2D eigenvalue weighted by Crippen LogP contribution is -2.39. The Bertz CT molecular complexity index is 484. The van der Waals surface area contributed by atoms with Crippen LogP contribution in [0.4, 0.5) is 10.5 Å². The van der Waals surface area contributed by atoms with Gasteiger partial charge in [-0.1, -0.05) is 0 Å². The number of rotatable bonds is 4. The van der Waals surface area contributed by atoms with E-state index in [0.29, 0.717) is 11.4 Å². The molecule has 0 spiro atoms. The van der Waals surface area contributed by atoms with Crippen LogP contribution in [-0.4, -0.2) is 35.8 Å². The van der Waals surface area contributed by atoms with Crippen LogP contribution in [0.2, 0.25) is 0 Å². The molecule has 0 bridgehead atoms. The smallest absolute Gasteiger partial charge is 0.328 e. The van der Waals surface area contributed by atoms with E-state index < -0.39 is 18.0 Å². The van der Waals surface area contributed by atoms with Gasteiger partial charge in [-0.3, -0.25) is 4.90 Å². The molecule has 1 atom stereocenters. The van der Waals surface area contributed by atoms with E-state index in [9.17, 15) is 9.59 Å². The molecule has 1 fully saturated rings. The largest absolute Gasteiger partial charge is 0.491 e. The second-order valence-corrected chi connectivity index (χ2v) is 4.57. The third-order valence-corrected chi connectivity index (χ3v) is 2.75. The van der Waals surface area contributed by atoms with Crippen molar-refractivity contribution in [2.75, 3.05) is 11.4 Å². The zero-order valence-corrected chi connectivity index (χ0v) is 10.8. The summed E-state index contributed by atoms with van der Waals surface area (Å²) in [4.78, 5) is 24.0. The maximum absolute atomic E-state index is 11.7. The van der Waals surface area contributed by atoms with Gasteiger partial charge in [0.05, 0.1) is 12.6 Å². The molecule has 2 N–H and O–H groups in total. The highest BCUT2D eigenvalue weighted by molar-refractivity contribution is 6.01. The number of benzene rings is 1. The fourth-order valence-electron chi connectivity index (χ4n) is 1.95. The first-order chi connectivity index (χ1) is 8.99. The summed E-state index contributed by atoms with van der Waals surface area (Å²) < 4.78 is 5.50. The number of carboxylic acid groups (broad SMARTS) is 1. The number of anilines is 1. The van der Waals surface area contributed by atoms with Crippen molar-refractivity contribution in [3.05, 3.63) is 24.3 Å². The Hall–Kier alpha value is -2.24. The lowest BCUT2D eigenvalue weighted by atomic mass is 10.2. The van der Waals surface area contributed by atoms with Crippen molar-refractivity contribution in [2.45, 2.75) is 26.0 Å². The molecule has 6 heteroatoms. The highest BCUT2D eigenvalue weighted by Gasteiger charge is 2.36. The van der Waals surface area contributed by atoms with Gasteiger partial charge in [0, 0.05) is 5.69 Å². The molecule has 1 aliphatic heterocycles. The SMILES string of the molecule is CC(C)Oc1ccc(N2C(=O)NCC2C(=O)O)cc1. The van der Waals surface area contributed by atoms with Gasteiger partial charge in [-0.2, -0.15) is 0 Å². The van der Waals surface area contributed by atoms with Crippen LogP contribution < -0.4 is 15.0 Å². The Morgan fingerprint density at radius 1 is 1.42 bits per heavy atom. The average Bonchev–Trinajstić information content (AvgIpc) is 2.71. The van der Waals surface area contributed by atoms with Crippen LogP contribution in [0.5, 0.6) is 5.75 Å². The van der Waals surface area contributed by atoms with E-state index in [0.717, 1.165) is 0 Å². The van der Waals surface area contributed by atoms with E-state index in [-0.39, 0.29) is 12.6 Å². The van der Waals surface area contributed by atoms with Crippen LogP contribution in [0.1, 0.15) is 13.8 Å². The number of amides is 2. The van der Waals surface area contributed by atoms with Gasteiger partial charge >= 0.3 is 12.0 Å². The fourth-order valence-corrected chi connectivity index (χ4v) is 1.95. The van der Waals surface area contributed by atoms with Crippen LogP contribution in [0.3, 0.4) is 0 Å². The lowest BCUT2D eigenvalue weighted by molar-refractivity contribution is -0.137. The molecule has 1 aromatic carbocycles. The predicted octanol–water partition coefficient (Wildman–Crippen LogP) is 1.46. The second kappa shape index (κ2) is 5.17. The first-order valence-corrected chi connectivity index (χ1v) is 6.05. The highest BCUT2D eigenvalue weighted by Crippen LogP contribution is 2.24. The summed E-state index contributed by atoms with van der Waals surface area (Å²) in [6.45, 7) is 3.95. The maximum atomic E-state index is 11.7. The second-order valence-electron chi connectivity index (χ2n) is 4.57. The summed E-state index contributed by atoms with van der Waals surface area (Å²) in [7, 11) is 0. The fraction of sp³-hybridized carbons (Fsp3) is 0.385. The van der Waals surface area contributed by atoms with Crippen molar-refractivity contribution < 1.29 is 19.4 Å². The minimum atomic E-state index is -1.03. The van der Waals surface area contributed by atoms with Crippen LogP contribution in [0.25, 0.3) is 0 Å². The van der Waals surface area contributed by atoms with E-state index >= 15 is 0 Å². The molecule has 19 heavy (non-hydrogen) atoms. The molecule has 0 radical (unpaired) electrons. The summed E-state index contributed by atoms with van der Waals surface area (Å²) in [6, 6.07) is 5.53. The van der Waals surface area contributed by atoms with Gasteiger partial charge in [-0.25, -0.2) is 9.59 Å². The van der Waals surface area contributed by atoms with Crippen LogP contribution in [0, 0.1) is 0 Å². The standard InChI is InChI=1S/C13H16N2O4/c1-8(2)19-10-5-3-9(4-6-10)15-11(12(16)17)7-14-13(15)18/h3-6,8,11H,7H2,1-2H3,(H,14,18)(H,16,17). The molecule has 1 aliphatic rings. The number of nitrogens with zero attached hydrogens (tertiary/aromatic N) is 1. The van der Waals surface area contributed by atoms with E-state index in [1.54, 1.807) is 24.3 Å². The van der Waals surface area contributed by atoms with E-state index in [2.05, 4.69) is 5.32 Å². The lowest BCUT2D eigenvalue weighted by Gasteiger charge is -2.20. The van der Waals surface area contributed by atoms with Gasteiger partial charge in [0.2, 0.25) is 0 Å². The van der Waals surface area contributed by atoms with E-state index in [1.807, 2.05) is 13.8 Å². The molecule has 1 unspecified atom stereocenters. The molecule has 102 valence electrons. The first-order valence-electron chi connectivity index (χ1n) is 6.05. The van der Waals surface area contributed by atoms with Gasteiger partial charge in [0.25, 0.3) is 0 Å². The number of hydrogen-bond donors (Lipinski definition) is 2. The molecular formula is C13H16N2O4. The van der Waals surface area contributed by atoms with Crippen LogP contribution >= 0.6 is 0 Å². The molecule has 0 saturated carbocycles. The number of hydrogen-bond acceptors (Lipinski definition) is 3. The maximum Gasteiger partial charge on any atom is 0.328 e. The number of ether oxygens (including phenoxy) is 1. The number of nitrogens with one attached hydrogen (secondary N) is 1. The first kappa shape index (κ1) is 13.2. The summed E-state index contributed by atoms with van der Waals surface area (Å²) in [5.41, 5.74) is 0.540. The van der Waals surface area contributed by atoms with E-state index in [1.165, 1.54) is 4.90 Å². The van der Waals surface area contributed by atoms with Gasteiger partial charge in [-0.15, -0.1) is 0 Å². The van der Waals surface area contributed by atoms with Crippen molar-refractivity contribution in [1.29, 1.82) is 0 Å². The van der Waals surface area contributed by atoms with Crippen molar-refractivity contribution in [1.82, 2.24) is 5.32 Å². The topological polar surface area (TPSA) is 78.9 Å². The van der Waals surface area contributed by atoms with Gasteiger partial charge in [0.15, 0.2) is 6.04 Å². The third-order valence-electron chi connectivity index (χ3n) is 2.75. The molecular weight excluding hydrogens is 248 g/mol. The normalized spacial score (nSPS) is 18.6. The molecule has 1 saturated heterocycles. The third kappa shape index (κ3) is 2.78. The molecule has 1 aromatic rings. The Morgan fingerprint density at radius 2 is 2.05 bits per heavy atom. The van der Waals surface area contributed by atoms with Gasteiger partial charge in [-0.05, 0) is 38.1 Å². The van der Waals surface area contributed by atoms with Crippen molar-refractivity contribution in [2.24, 2.45) is 0 Å².